The van der Waals surface area contributed by atoms with E-state index in [-0.39, 0.29) is 24.5 Å². The zero-order chi connectivity index (χ0) is 18.2. The van der Waals surface area contributed by atoms with Crippen LogP contribution in [0.15, 0.2) is 42.5 Å². The summed E-state index contributed by atoms with van der Waals surface area (Å²) in [6, 6.07) is 13.5. The summed E-state index contributed by atoms with van der Waals surface area (Å²) in [5.41, 5.74) is 4.55. The molecule has 0 unspecified atom stereocenters. The summed E-state index contributed by atoms with van der Waals surface area (Å²) in [6.07, 6.45) is 0.396. The minimum absolute atomic E-state index is 0.0114. The first-order valence-corrected chi connectivity index (χ1v) is 8.70. The Labute approximate surface area is 149 Å². The molecule has 0 saturated heterocycles. The molecule has 0 aliphatic heterocycles. The van der Waals surface area contributed by atoms with Crippen LogP contribution in [0.5, 0.6) is 0 Å². The molecule has 0 aliphatic rings. The Morgan fingerprint density at radius 2 is 1.76 bits per heavy atom. The minimum Gasteiger partial charge on any atom is -0.326 e. The normalized spacial score (nSPS) is 10.5. The van der Waals surface area contributed by atoms with E-state index >= 15 is 0 Å². The quantitative estimate of drug-likeness (QED) is 0.715. The van der Waals surface area contributed by atoms with E-state index in [1.165, 1.54) is 0 Å². The maximum atomic E-state index is 12.4. The van der Waals surface area contributed by atoms with Crippen molar-refractivity contribution in [3.05, 3.63) is 64.7 Å². The van der Waals surface area contributed by atoms with Crippen molar-refractivity contribution in [2.24, 2.45) is 0 Å². The fourth-order valence-corrected chi connectivity index (χ4v) is 2.67. The van der Waals surface area contributed by atoms with Crippen LogP contribution >= 0.6 is 0 Å². The second-order valence-corrected chi connectivity index (χ2v) is 6.23. The smallest absolute Gasteiger partial charge is 0.224 e. The molecule has 0 aromatic heterocycles. The topological polar surface area (TPSA) is 58.2 Å². The van der Waals surface area contributed by atoms with Crippen LogP contribution in [-0.4, -0.2) is 18.2 Å². The van der Waals surface area contributed by atoms with Crippen LogP contribution in [0.1, 0.15) is 46.8 Å². The van der Waals surface area contributed by atoms with Gasteiger partial charge in [-0.3, -0.25) is 9.59 Å². The van der Waals surface area contributed by atoms with Crippen molar-refractivity contribution in [1.82, 2.24) is 5.32 Å². The van der Waals surface area contributed by atoms with Gasteiger partial charge in [-0.05, 0) is 43.7 Å². The molecule has 0 spiro atoms. The molecule has 2 rings (SSSR count). The van der Waals surface area contributed by atoms with Gasteiger partial charge in [-0.25, -0.2) is 0 Å². The summed E-state index contributed by atoms with van der Waals surface area (Å²) >= 11 is 0. The van der Waals surface area contributed by atoms with Crippen molar-refractivity contribution < 1.29 is 9.59 Å². The zero-order valence-electron chi connectivity index (χ0n) is 15.2. The number of benzene rings is 2. The highest BCUT2D eigenvalue weighted by Gasteiger charge is 2.13. The minimum atomic E-state index is -0.136. The molecule has 0 heterocycles. The lowest BCUT2D eigenvalue weighted by Gasteiger charge is -2.11. The van der Waals surface area contributed by atoms with Crippen molar-refractivity contribution in [1.29, 1.82) is 0 Å². The van der Waals surface area contributed by atoms with Crippen LogP contribution in [0, 0.1) is 13.8 Å². The van der Waals surface area contributed by atoms with Gasteiger partial charge in [0.05, 0.1) is 0 Å². The number of carbonyl (C=O) groups excluding carboxylic acids is 2. The van der Waals surface area contributed by atoms with E-state index in [0.29, 0.717) is 12.1 Å². The molecule has 0 saturated carbocycles. The highest BCUT2D eigenvalue weighted by molar-refractivity contribution is 6.01. The van der Waals surface area contributed by atoms with Crippen molar-refractivity contribution in [3.63, 3.8) is 0 Å². The molecule has 0 atom stereocenters. The molecule has 0 radical (unpaired) electrons. The number of hydrogen-bond acceptors (Lipinski definition) is 3. The molecule has 1 amide bonds. The van der Waals surface area contributed by atoms with Gasteiger partial charge in [-0.15, -0.1) is 0 Å². The summed E-state index contributed by atoms with van der Waals surface area (Å²) in [6.45, 7) is 7.50. The number of carbonyl (C=O) groups is 2. The highest BCUT2D eigenvalue weighted by atomic mass is 16.2. The number of amides is 1. The first-order valence-electron chi connectivity index (χ1n) is 8.70. The lowest BCUT2D eigenvalue weighted by atomic mass is 9.99. The standard InChI is InChI=1S/C21H26N2O2/c1-4-22-14-17-7-5-6-8-19(17)23-21(25)12-11-20(24)18-13-15(2)9-10-16(18)3/h5-10,13,22H,4,11-12,14H2,1-3H3,(H,23,25). The Morgan fingerprint density at radius 3 is 2.52 bits per heavy atom. The third kappa shape index (κ3) is 5.54. The van der Waals surface area contributed by atoms with E-state index < -0.39 is 0 Å². The number of para-hydroxylation sites is 1. The van der Waals surface area contributed by atoms with E-state index in [2.05, 4.69) is 10.6 Å². The fourth-order valence-electron chi connectivity index (χ4n) is 2.67. The van der Waals surface area contributed by atoms with Crippen LogP contribution in [0.2, 0.25) is 0 Å². The van der Waals surface area contributed by atoms with Crippen LogP contribution in [0.25, 0.3) is 0 Å². The van der Waals surface area contributed by atoms with E-state index in [1.807, 2.05) is 63.2 Å². The van der Waals surface area contributed by atoms with Crippen molar-refractivity contribution >= 4 is 17.4 Å². The van der Waals surface area contributed by atoms with Gasteiger partial charge in [0.15, 0.2) is 5.78 Å². The van der Waals surface area contributed by atoms with Gasteiger partial charge in [0, 0.05) is 30.6 Å². The average molecular weight is 338 g/mol. The maximum absolute atomic E-state index is 12.4. The molecular weight excluding hydrogens is 312 g/mol. The van der Waals surface area contributed by atoms with Gasteiger partial charge >= 0.3 is 0 Å². The Morgan fingerprint density at radius 1 is 1.00 bits per heavy atom. The number of Topliss-reactive ketones (excluding diaryl/α,β-unsaturated/α-hetero) is 1. The third-order valence-corrected chi connectivity index (χ3v) is 4.13. The highest BCUT2D eigenvalue weighted by Crippen LogP contribution is 2.17. The number of hydrogen-bond donors (Lipinski definition) is 2. The molecule has 0 fully saturated rings. The molecule has 25 heavy (non-hydrogen) atoms. The van der Waals surface area contributed by atoms with E-state index in [1.54, 1.807) is 0 Å². The predicted octanol–water partition coefficient (Wildman–Crippen LogP) is 4.01. The summed E-state index contributed by atoms with van der Waals surface area (Å²) < 4.78 is 0. The van der Waals surface area contributed by atoms with Crippen molar-refractivity contribution in [2.75, 3.05) is 11.9 Å². The Kier molecular flexibility index (Phi) is 6.90. The average Bonchev–Trinajstić information content (AvgIpc) is 2.61. The zero-order valence-corrected chi connectivity index (χ0v) is 15.2. The molecule has 4 heteroatoms. The summed E-state index contributed by atoms with van der Waals surface area (Å²) in [4.78, 5) is 24.6. The van der Waals surface area contributed by atoms with Gasteiger partial charge in [0.1, 0.15) is 0 Å². The number of rotatable bonds is 8. The third-order valence-electron chi connectivity index (χ3n) is 4.13. The van der Waals surface area contributed by atoms with Gasteiger partial charge in [0.25, 0.3) is 0 Å². The van der Waals surface area contributed by atoms with Gasteiger partial charge in [0.2, 0.25) is 5.91 Å². The molecule has 4 nitrogen and oxygen atoms in total. The maximum Gasteiger partial charge on any atom is 0.224 e. The Bertz CT molecular complexity index is 753. The van der Waals surface area contributed by atoms with Crippen molar-refractivity contribution in [2.45, 2.75) is 40.2 Å². The molecule has 132 valence electrons. The first-order chi connectivity index (χ1) is 12.0. The van der Waals surface area contributed by atoms with Gasteiger partial charge < -0.3 is 10.6 Å². The monoisotopic (exact) mass is 338 g/mol. The predicted molar refractivity (Wildman–Crippen MR) is 102 cm³/mol. The lowest BCUT2D eigenvalue weighted by molar-refractivity contribution is -0.116. The lowest BCUT2D eigenvalue weighted by Crippen LogP contribution is -2.17. The van der Waals surface area contributed by atoms with Crippen LogP contribution in [0.4, 0.5) is 5.69 Å². The first kappa shape index (κ1) is 18.9. The summed E-state index contributed by atoms with van der Waals surface area (Å²) in [7, 11) is 0. The SMILES string of the molecule is CCNCc1ccccc1NC(=O)CCC(=O)c1cc(C)ccc1C. The van der Waals surface area contributed by atoms with Crippen molar-refractivity contribution in [3.8, 4) is 0 Å². The van der Waals surface area contributed by atoms with E-state index in [0.717, 1.165) is 28.9 Å². The Balaban J connectivity index is 1.95. The second kappa shape index (κ2) is 9.14. The summed E-state index contributed by atoms with van der Waals surface area (Å²) in [5.74, 6) is -0.125. The van der Waals surface area contributed by atoms with Gasteiger partial charge in [-0.2, -0.15) is 0 Å². The number of nitrogens with one attached hydrogen (secondary N) is 2. The molecule has 2 aromatic carbocycles. The molecule has 2 N–H and O–H groups in total. The largest absolute Gasteiger partial charge is 0.326 e. The van der Waals surface area contributed by atoms with Gasteiger partial charge in [-0.1, -0.05) is 42.8 Å². The fraction of sp³-hybridized carbons (Fsp3) is 0.333. The van der Waals surface area contributed by atoms with Crippen LogP contribution in [-0.2, 0) is 11.3 Å². The number of ketones is 1. The number of anilines is 1. The summed E-state index contributed by atoms with van der Waals surface area (Å²) in [5, 5.41) is 6.18. The Hall–Kier alpha value is -2.46. The van der Waals surface area contributed by atoms with E-state index in [9.17, 15) is 9.59 Å². The molecule has 0 aliphatic carbocycles. The second-order valence-electron chi connectivity index (χ2n) is 6.23. The van der Waals surface area contributed by atoms with Crippen LogP contribution in [0.3, 0.4) is 0 Å². The van der Waals surface area contributed by atoms with Crippen LogP contribution < -0.4 is 10.6 Å². The van der Waals surface area contributed by atoms with E-state index in [4.69, 9.17) is 0 Å². The molecule has 0 bridgehead atoms. The molecular formula is C21H26N2O2. The number of aryl methyl sites for hydroxylation is 2. The molecule has 2 aromatic rings.